The molecule has 8 aliphatic rings. The molecule has 8 fully saturated rings. The van der Waals surface area contributed by atoms with Crippen molar-refractivity contribution in [2.45, 2.75) is 195 Å². The molecule has 0 bridgehead atoms. The van der Waals surface area contributed by atoms with Gasteiger partial charge in [0.15, 0.2) is 0 Å². The first-order valence-electron chi connectivity index (χ1n) is 28.8. The summed E-state index contributed by atoms with van der Waals surface area (Å²) in [6.07, 6.45) is 20.9. The van der Waals surface area contributed by atoms with Crippen molar-refractivity contribution in [3.8, 4) is 0 Å². The van der Waals surface area contributed by atoms with Crippen molar-refractivity contribution in [3.63, 3.8) is 0 Å². The average molecular weight is 975 g/mol. The van der Waals surface area contributed by atoms with Crippen LogP contribution in [0.1, 0.15) is 198 Å². The number of hydrogen-bond acceptors (Lipinski definition) is 8. The van der Waals surface area contributed by atoms with Crippen molar-refractivity contribution in [3.05, 3.63) is 71.8 Å². The van der Waals surface area contributed by atoms with E-state index >= 15 is 0 Å². The minimum Gasteiger partial charge on any atom is -0.469 e. The Hall–Kier alpha value is -3.52. The quantitative estimate of drug-likeness (QED) is 0.175. The van der Waals surface area contributed by atoms with Gasteiger partial charge in [0.05, 0.1) is 24.3 Å². The largest absolute Gasteiger partial charge is 0.469 e. The van der Waals surface area contributed by atoms with Crippen molar-refractivity contribution < 1.29 is 38.5 Å². The second-order valence-electron chi connectivity index (χ2n) is 25.9. The van der Waals surface area contributed by atoms with Gasteiger partial charge in [-0.1, -0.05) is 97.7 Å². The molecule has 0 radical (unpaired) electrons. The van der Waals surface area contributed by atoms with Crippen molar-refractivity contribution in [1.82, 2.24) is 0 Å². The number of aliphatic hydroxyl groups is 1. The van der Waals surface area contributed by atoms with E-state index < -0.39 is 0 Å². The van der Waals surface area contributed by atoms with E-state index in [1.54, 1.807) is 0 Å². The molecule has 2 aromatic carbocycles. The van der Waals surface area contributed by atoms with Gasteiger partial charge in [-0.2, -0.15) is 0 Å². The third-order valence-corrected chi connectivity index (χ3v) is 23.1. The number of aliphatic hydroxyl groups excluding tert-OH is 1. The number of ketones is 1. The highest BCUT2D eigenvalue weighted by molar-refractivity contribution is 5.90. The third kappa shape index (κ3) is 9.51. The van der Waals surface area contributed by atoms with Gasteiger partial charge >= 0.3 is 17.9 Å². The smallest absolute Gasteiger partial charge is 0.338 e. The summed E-state index contributed by atoms with van der Waals surface area (Å²) in [5.41, 5.74) is 1.53. The van der Waals surface area contributed by atoms with Crippen molar-refractivity contribution in [2.75, 3.05) is 7.11 Å². The predicted molar refractivity (Wildman–Crippen MR) is 278 cm³/mol. The van der Waals surface area contributed by atoms with Gasteiger partial charge in [0, 0.05) is 18.3 Å². The zero-order valence-electron chi connectivity index (χ0n) is 44.9. The maximum atomic E-state index is 14.0. The maximum absolute atomic E-state index is 14.0. The van der Waals surface area contributed by atoms with Crippen LogP contribution in [-0.4, -0.2) is 54.2 Å². The molecule has 0 heterocycles. The molecule has 19 atom stereocenters. The number of hydrogen-bond donors (Lipinski definition) is 1. The Bertz CT molecular complexity index is 2190. The van der Waals surface area contributed by atoms with Gasteiger partial charge in [0.25, 0.3) is 0 Å². The maximum Gasteiger partial charge on any atom is 0.338 e. The molecule has 390 valence electrons. The van der Waals surface area contributed by atoms with Crippen LogP contribution in [0.4, 0.5) is 0 Å². The van der Waals surface area contributed by atoms with Crippen LogP contribution in [0, 0.1) is 92.7 Å². The lowest BCUT2D eigenvalue weighted by Gasteiger charge is -2.62. The molecule has 8 nitrogen and oxygen atoms in total. The lowest BCUT2D eigenvalue weighted by molar-refractivity contribution is -0.175. The van der Waals surface area contributed by atoms with Crippen LogP contribution in [0.5, 0.6) is 0 Å². The molecule has 0 aliphatic heterocycles. The molecular weight excluding hydrogens is 885 g/mol. The zero-order valence-corrected chi connectivity index (χ0v) is 44.9. The number of ether oxygens (including phenoxy) is 3. The summed E-state index contributed by atoms with van der Waals surface area (Å²) < 4.78 is 16.8. The van der Waals surface area contributed by atoms with Gasteiger partial charge in [-0.05, 0) is 214 Å². The molecular formula is C63H90O8. The van der Waals surface area contributed by atoms with Gasteiger partial charge in [-0.15, -0.1) is 0 Å². The fourth-order valence-electron chi connectivity index (χ4n) is 19.1. The minimum absolute atomic E-state index is 0.0292. The van der Waals surface area contributed by atoms with E-state index in [9.17, 15) is 24.3 Å². The van der Waals surface area contributed by atoms with Crippen LogP contribution >= 0.6 is 0 Å². The van der Waals surface area contributed by atoms with Gasteiger partial charge in [0.2, 0.25) is 0 Å². The number of methoxy groups -OCH3 is 1. The van der Waals surface area contributed by atoms with Crippen molar-refractivity contribution in [2.24, 2.45) is 92.7 Å². The fourth-order valence-corrected chi connectivity index (χ4v) is 19.1. The van der Waals surface area contributed by atoms with Crippen LogP contribution < -0.4 is 0 Å². The van der Waals surface area contributed by atoms with E-state index in [-0.39, 0.29) is 57.9 Å². The Morgan fingerprint density at radius 2 is 1.13 bits per heavy atom. The summed E-state index contributed by atoms with van der Waals surface area (Å²) in [6.45, 7) is 16.6. The number of benzene rings is 2. The first-order chi connectivity index (χ1) is 34.0. The van der Waals surface area contributed by atoms with Crippen LogP contribution in [0.2, 0.25) is 0 Å². The van der Waals surface area contributed by atoms with Crippen molar-refractivity contribution >= 4 is 23.7 Å². The Morgan fingerprint density at radius 1 is 0.620 bits per heavy atom. The zero-order chi connectivity index (χ0) is 50.5. The summed E-state index contributed by atoms with van der Waals surface area (Å²) in [5.74, 6) is 6.66. The topological polar surface area (TPSA) is 116 Å². The molecule has 8 heteroatoms. The minimum atomic E-state index is -0.262. The second kappa shape index (κ2) is 21.0. The van der Waals surface area contributed by atoms with Crippen LogP contribution in [0.3, 0.4) is 0 Å². The summed E-state index contributed by atoms with van der Waals surface area (Å²) in [4.78, 5) is 51.1. The molecule has 10 rings (SSSR count). The van der Waals surface area contributed by atoms with E-state index in [1.165, 1.54) is 58.5 Å². The second-order valence-corrected chi connectivity index (χ2v) is 25.9. The normalized spacial score (nSPS) is 41.9. The predicted octanol–water partition coefficient (Wildman–Crippen LogP) is 13.9. The molecule has 4 unspecified atom stereocenters. The van der Waals surface area contributed by atoms with Crippen LogP contribution in [0.25, 0.3) is 0 Å². The van der Waals surface area contributed by atoms with Crippen LogP contribution in [-0.2, 0) is 23.8 Å². The Labute approximate surface area is 427 Å². The highest BCUT2D eigenvalue weighted by Crippen LogP contribution is 2.70. The van der Waals surface area contributed by atoms with Gasteiger partial charge in [0.1, 0.15) is 18.0 Å². The molecule has 1 N–H and O–H groups in total. The Kier molecular flexibility index (Phi) is 15.5. The summed E-state index contributed by atoms with van der Waals surface area (Å²) in [5, 5.41) is 11.7. The van der Waals surface area contributed by atoms with E-state index in [1.807, 2.05) is 60.7 Å². The summed E-state index contributed by atoms with van der Waals surface area (Å²) >= 11 is 0. The summed E-state index contributed by atoms with van der Waals surface area (Å²) in [7, 11) is 1.45. The number of carbonyl (C=O) groups is 4. The number of carbonyl (C=O) groups excluding carboxylic acids is 4. The highest BCUT2D eigenvalue weighted by atomic mass is 16.5. The van der Waals surface area contributed by atoms with E-state index in [2.05, 4.69) is 48.5 Å². The average Bonchev–Trinajstić information content (AvgIpc) is 3.93. The van der Waals surface area contributed by atoms with E-state index in [0.29, 0.717) is 94.8 Å². The number of fused-ring (bicyclic) bond motifs is 10. The highest BCUT2D eigenvalue weighted by Gasteiger charge is 2.66. The molecule has 2 aromatic rings. The van der Waals surface area contributed by atoms with Crippen molar-refractivity contribution in [1.29, 1.82) is 0 Å². The molecule has 0 saturated heterocycles. The standard InChI is InChI=1S/C32H44O5.C31H46O3/c1-20(10-15-29(34)36-4)25-13-14-26-24-12-11-22-18-23(37-30(35)21-8-6-5-7-9-21)16-17-31(22,2)27(24)19-28(33)32(25,26)3;1-5-9-20(2)25-14-15-26-24-13-12-22-18-23(34-29(33)21-10-7-6-8-11-21)16-17-30(22,3)27(24)19-28(32)31(25,26)4/h5-9,20,22-27H,10-19H2,1-4H3;6-8,10-11,20,22-28,32H,5,9,12-19H2,1-4H3/t20-,22-,23-,24+,25?,26+,27?,31+,32-;20-,22-,23-,24+,25?,26+,27?,28+,30+,31-/m11/s1. The SMILES string of the molecule is CCC[C@@H](C)C1CC[C@H]2[C@@H]3CC[C@@H]4C[C@H](OC(=O)c5ccccc5)CC[C@]4(C)C3C[C@H](O)[C@]12C.COC(=O)CC[C@@H](C)C1CC[C@H]2[C@@H]3CC[C@@H]4C[C@H](OC(=O)c5ccccc5)CC[C@]4(C)C3CC(=O)[C@]12C. The molecule has 71 heavy (non-hydrogen) atoms. The third-order valence-electron chi connectivity index (χ3n) is 23.1. The molecule has 8 aliphatic carbocycles. The van der Waals surface area contributed by atoms with Gasteiger partial charge in [-0.25, -0.2) is 9.59 Å². The van der Waals surface area contributed by atoms with Crippen LogP contribution in [0.15, 0.2) is 60.7 Å². The lowest BCUT2D eigenvalue weighted by atomic mass is 9.43. The molecule has 0 amide bonds. The number of esters is 3. The summed E-state index contributed by atoms with van der Waals surface area (Å²) in [6, 6.07) is 18.7. The Morgan fingerprint density at radius 3 is 1.68 bits per heavy atom. The van der Waals surface area contributed by atoms with Gasteiger partial charge < -0.3 is 19.3 Å². The lowest BCUT2D eigenvalue weighted by Crippen LogP contribution is -2.59. The van der Waals surface area contributed by atoms with E-state index in [0.717, 1.165) is 70.1 Å². The molecule has 0 aromatic heterocycles. The number of Topliss-reactive ketones (excluding diaryl/α,β-unsaturated/α-hetero) is 1. The Balaban J connectivity index is 0.000000176. The molecule has 8 saturated carbocycles. The number of rotatable bonds is 11. The first kappa shape index (κ1) is 52.3. The first-order valence-corrected chi connectivity index (χ1v) is 28.8. The molecule has 0 spiro atoms. The monoisotopic (exact) mass is 975 g/mol. The van der Waals surface area contributed by atoms with Gasteiger partial charge in [-0.3, -0.25) is 9.59 Å². The fraction of sp³-hybridized carbons (Fsp3) is 0.746. The van der Waals surface area contributed by atoms with E-state index in [4.69, 9.17) is 14.2 Å².